The molecule has 2 aromatic carbocycles. The maximum absolute atomic E-state index is 12.6. The predicted molar refractivity (Wildman–Crippen MR) is 93.7 cm³/mol. The topological polar surface area (TPSA) is 66.5 Å². The molecule has 0 spiro atoms. The van der Waals surface area contributed by atoms with Crippen LogP contribution in [0.1, 0.15) is 12.8 Å². The van der Waals surface area contributed by atoms with Crippen LogP contribution in [0.4, 0.5) is 10.5 Å². The third-order valence-corrected chi connectivity index (χ3v) is 6.54. The summed E-state index contributed by atoms with van der Waals surface area (Å²) >= 11 is 0. The molecule has 1 fully saturated rings. The number of likely N-dealkylation sites (tertiary alicyclic amines) is 1. The number of urea groups is 1. The second-order valence-corrected chi connectivity index (χ2v) is 8.07. The van der Waals surface area contributed by atoms with E-state index in [0.717, 1.165) is 5.69 Å². The molecule has 0 aliphatic carbocycles. The van der Waals surface area contributed by atoms with E-state index in [0.29, 0.717) is 30.8 Å². The maximum atomic E-state index is 12.6. The van der Waals surface area contributed by atoms with Crippen molar-refractivity contribution < 1.29 is 13.2 Å². The van der Waals surface area contributed by atoms with Crippen LogP contribution in [0.5, 0.6) is 0 Å². The Hall–Kier alpha value is -2.34. The third-order valence-electron chi connectivity index (χ3n) is 4.26. The summed E-state index contributed by atoms with van der Waals surface area (Å²) in [5.74, 6) is 0. The molecular weight excluding hydrogens is 324 g/mol. The molecule has 5 nitrogen and oxygen atoms in total. The number of carbonyl (C=O) groups is 1. The van der Waals surface area contributed by atoms with E-state index in [2.05, 4.69) is 5.32 Å². The van der Waals surface area contributed by atoms with Gasteiger partial charge in [-0.05, 0) is 37.1 Å². The Labute approximate surface area is 142 Å². The van der Waals surface area contributed by atoms with Gasteiger partial charge in [-0.3, -0.25) is 0 Å². The number of hydrogen-bond donors (Lipinski definition) is 1. The fourth-order valence-electron chi connectivity index (χ4n) is 2.90. The first-order valence-corrected chi connectivity index (χ1v) is 9.52. The first-order valence-electron chi connectivity index (χ1n) is 7.97. The smallest absolute Gasteiger partial charge is 0.321 e. The number of hydrogen-bond acceptors (Lipinski definition) is 3. The summed E-state index contributed by atoms with van der Waals surface area (Å²) in [6.45, 7) is 0.880. The fraction of sp³-hybridized carbons (Fsp3) is 0.278. The van der Waals surface area contributed by atoms with Gasteiger partial charge in [-0.2, -0.15) is 0 Å². The van der Waals surface area contributed by atoms with Crippen LogP contribution in [0.15, 0.2) is 65.6 Å². The summed E-state index contributed by atoms with van der Waals surface area (Å²) in [5.41, 5.74) is 0.738. The average molecular weight is 344 g/mol. The molecule has 0 aromatic heterocycles. The minimum atomic E-state index is -3.33. The van der Waals surface area contributed by atoms with Gasteiger partial charge in [-0.1, -0.05) is 36.4 Å². The van der Waals surface area contributed by atoms with Crippen molar-refractivity contribution in [2.75, 3.05) is 18.4 Å². The quantitative estimate of drug-likeness (QED) is 0.930. The summed E-state index contributed by atoms with van der Waals surface area (Å²) in [5, 5.41) is 2.40. The van der Waals surface area contributed by atoms with Crippen molar-refractivity contribution in [1.82, 2.24) is 4.90 Å². The largest absolute Gasteiger partial charge is 0.324 e. The predicted octanol–water partition coefficient (Wildman–Crippen LogP) is 3.16. The van der Waals surface area contributed by atoms with Crippen molar-refractivity contribution in [2.45, 2.75) is 23.0 Å². The van der Waals surface area contributed by atoms with Crippen LogP contribution in [-0.2, 0) is 9.84 Å². The minimum Gasteiger partial charge on any atom is -0.324 e. The molecule has 1 N–H and O–H groups in total. The summed E-state index contributed by atoms with van der Waals surface area (Å²) < 4.78 is 25.3. The van der Waals surface area contributed by atoms with Crippen molar-refractivity contribution in [3.63, 3.8) is 0 Å². The minimum absolute atomic E-state index is 0.184. The highest BCUT2D eigenvalue weighted by molar-refractivity contribution is 7.92. The van der Waals surface area contributed by atoms with Gasteiger partial charge in [0.05, 0.1) is 10.1 Å². The first kappa shape index (κ1) is 16.5. The Balaban J connectivity index is 1.61. The monoisotopic (exact) mass is 344 g/mol. The van der Waals surface area contributed by atoms with Gasteiger partial charge in [-0.25, -0.2) is 13.2 Å². The summed E-state index contributed by atoms with van der Waals surface area (Å²) in [6.07, 6.45) is 0.916. The number of sulfone groups is 1. The molecule has 6 heteroatoms. The normalized spacial score (nSPS) is 15.9. The van der Waals surface area contributed by atoms with Crippen molar-refractivity contribution in [1.29, 1.82) is 0 Å². The molecule has 0 bridgehead atoms. The first-order chi connectivity index (χ1) is 11.6. The molecule has 2 aromatic rings. The van der Waals surface area contributed by atoms with Gasteiger partial charge in [0, 0.05) is 18.8 Å². The second-order valence-electron chi connectivity index (χ2n) is 5.84. The van der Waals surface area contributed by atoms with Gasteiger partial charge >= 0.3 is 6.03 Å². The van der Waals surface area contributed by atoms with E-state index in [1.807, 2.05) is 30.3 Å². The molecule has 1 heterocycles. The highest BCUT2D eigenvalue weighted by Gasteiger charge is 2.32. The lowest BCUT2D eigenvalue weighted by Crippen LogP contribution is -2.44. The lowest BCUT2D eigenvalue weighted by Gasteiger charge is -2.31. The van der Waals surface area contributed by atoms with Crippen molar-refractivity contribution in [3.05, 3.63) is 60.7 Å². The number of amides is 2. The zero-order chi connectivity index (χ0) is 17.0. The highest BCUT2D eigenvalue weighted by Crippen LogP contribution is 2.24. The number of anilines is 1. The van der Waals surface area contributed by atoms with Crippen LogP contribution in [0, 0.1) is 0 Å². The average Bonchev–Trinajstić information content (AvgIpc) is 2.63. The molecule has 3 rings (SSSR count). The Kier molecular flexibility index (Phi) is 4.85. The van der Waals surface area contributed by atoms with E-state index in [9.17, 15) is 13.2 Å². The van der Waals surface area contributed by atoms with Crippen LogP contribution in [-0.4, -0.2) is 37.7 Å². The van der Waals surface area contributed by atoms with Crippen molar-refractivity contribution in [3.8, 4) is 0 Å². The third kappa shape index (κ3) is 3.59. The SMILES string of the molecule is O=C(Nc1ccccc1)N1CCC(S(=O)(=O)c2ccccc2)CC1. The Bertz CT molecular complexity index is 784. The van der Waals surface area contributed by atoms with Gasteiger partial charge < -0.3 is 10.2 Å². The Morgan fingerprint density at radius 2 is 1.46 bits per heavy atom. The van der Waals surface area contributed by atoms with Gasteiger partial charge in [-0.15, -0.1) is 0 Å². The van der Waals surface area contributed by atoms with Crippen LogP contribution < -0.4 is 5.32 Å². The molecule has 1 aliphatic heterocycles. The Morgan fingerprint density at radius 1 is 0.917 bits per heavy atom. The van der Waals surface area contributed by atoms with E-state index >= 15 is 0 Å². The number of nitrogens with one attached hydrogen (secondary N) is 1. The number of benzene rings is 2. The molecular formula is C18H20N2O3S. The van der Waals surface area contributed by atoms with Crippen LogP contribution in [0.2, 0.25) is 0 Å². The highest BCUT2D eigenvalue weighted by atomic mass is 32.2. The van der Waals surface area contributed by atoms with Gasteiger partial charge in [0.25, 0.3) is 0 Å². The Morgan fingerprint density at radius 3 is 2.04 bits per heavy atom. The van der Waals surface area contributed by atoms with Crippen LogP contribution in [0.25, 0.3) is 0 Å². The lowest BCUT2D eigenvalue weighted by molar-refractivity contribution is 0.200. The standard InChI is InChI=1S/C18H20N2O3S/c21-18(19-15-7-3-1-4-8-15)20-13-11-17(12-14-20)24(22,23)16-9-5-2-6-10-16/h1-10,17H,11-14H2,(H,19,21). The number of piperidine rings is 1. The summed E-state index contributed by atoms with van der Waals surface area (Å²) in [6, 6.07) is 17.6. The van der Waals surface area contributed by atoms with Gasteiger partial charge in [0.2, 0.25) is 0 Å². The van der Waals surface area contributed by atoms with Gasteiger partial charge in [0.15, 0.2) is 9.84 Å². The lowest BCUT2D eigenvalue weighted by atomic mass is 10.1. The van der Waals surface area contributed by atoms with E-state index in [-0.39, 0.29) is 6.03 Å². The molecule has 0 unspecified atom stereocenters. The number of rotatable bonds is 3. The van der Waals surface area contributed by atoms with Crippen molar-refractivity contribution >= 4 is 21.6 Å². The van der Waals surface area contributed by atoms with E-state index in [4.69, 9.17) is 0 Å². The van der Waals surface area contributed by atoms with Crippen LogP contribution in [0.3, 0.4) is 0 Å². The molecule has 1 saturated heterocycles. The maximum Gasteiger partial charge on any atom is 0.321 e. The van der Waals surface area contributed by atoms with E-state index in [1.54, 1.807) is 35.2 Å². The molecule has 24 heavy (non-hydrogen) atoms. The number of para-hydroxylation sites is 1. The summed E-state index contributed by atoms with van der Waals surface area (Å²) in [7, 11) is -3.33. The van der Waals surface area contributed by atoms with E-state index in [1.165, 1.54) is 0 Å². The zero-order valence-electron chi connectivity index (χ0n) is 13.3. The molecule has 0 atom stereocenters. The molecule has 0 radical (unpaired) electrons. The molecule has 126 valence electrons. The zero-order valence-corrected chi connectivity index (χ0v) is 14.1. The van der Waals surface area contributed by atoms with Gasteiger partial charge in [0.1, 0.15) is 0 Å². The molecule has 1 aliphatic rings. The van der Waals surface area contributed by atoms with Crippen LogP contribution >= 0.6 is 0 Å². The van der Waals surface area contributed by atoms with Crippen molar-refractivity contribution in [2.24, 2.45) is 0 Å². The molecule has 0 saturated carbocycles. The number of carbonyl (C=O) groups excluding carboxylic acids is 1. The number of nitrogens with zero attached hydrogens (tertiary/aromatic N) is 1. The summed E-state index contributed by atoms with van der Waals surface area (Å²) in [4.78, 5) is 14.3. The molecule has 2 amide bonds. The van der Waals surface area contributed by atoms with E-state index < -0.39 is 15.1 Å². The second kappa shape index (κ2) is 7.05. The fourth-order valence-corrected chi connectivity index (χ4v) is 4.65.